The molecular formula is C16H29NO3. The van der Waals surface area contributed by atoms with Crippen LogP contribution in [0.15, 0.2) is 0 Å². The number of piperidine rings is 1. The molecule has 0 aromatic rings. The number of hydrogen-bond acceptors (Lipinski definition) is 3. The van der Waals surface area contributed by atoms with Crippen LogP contribution < -0.4 is 0 Å². The molecule has 1 saturated heterocycles. The van der Waals surface area contributed by atoms with Crippen molar-refractivity contribution in [3.63, 3.8) is 0 Å². The smallest absolute Gasteiger partial charge is 0.303 e. The number of ether oxygens (including phenoxy) is 1. The normalized spacial score (nSPS) is 29.4. The second-order valence-electron chi connectivity index (χ2n) is 6.56. The molecule has 0 spiro atoms. The highest BCUT2D eigenvalue weighted by atomic mass is 16.5. The van der Waals surface area contributed by atoms with E-state index in [0.29, 0.717) is 12.2 Å². The minimum Gasteiger partial charge on any atom is -0.481 e. The van der Waals surface area contributed by atoms with Crippen LogP contribution in [-0.4, -0.2) is 47.8 Å². The van der Waals surface area contributed by atoms with Gasteiger partial charge in [-0.15, -0.1) is 0 Å². The zero-order valence-electron chi connectivity index (χ0n) is 12.7. The summed E-state index contributed by atoms with van der Waals surface area (Å²) in [5.41, 5.74) is 0. The number of carbonyl (C=O) groups is 1. The lowest BCUT2D eigenvalue weighted by Crippen LogP contribution is -2.39. The number of nitrogens with zero attached hydrogens (tertiary/aromatic N) is 1. The predicted molar refractivity (Wildman–Crippen MR) is 78.8 cm³/mol. The highest BCUT2D eigenvalue weighted by Gasteiger charge is 2.25. The van der Waals surface area contributed by atoms with E-state index in [4.69, 9.17) is 9.84 Å². The third-order valence-electron chi connectivity index (χ3n) is 4.75. The first-order valence-corrected chi connectivity index (χ1v) is 8.23. The summed E-state index contributed by atoms with van der Waals surface area (Å²) >= 11 is 0. The van der Waals surface area contributed by atoms with E-state index in [9.17, 15) is 4.79 Å². The quantitative estimate of drug-likeness (QED) is 0.814. The fourth-order valence-electron chi connectivity index (χ4n) is 3.36. The lowest BCUT2D eigenvalue weighted by Gasteiger charge is -2.35. The van der Waals surface area contributed by atoms with Crippen molar-refractivity contribution in [2.45, 2.75) is 70.5 Å². The van der Waals surface area contributed by atoms with Crippen molar-refractivity contribution in [1.82, 2.24) is 4.90 Å². The summed E-state index contributed by atoms with van der Waals surface area (Å²) in [4.78, 5) is 12.9. The molecule has 0 bridgehead atoms. The standard InChI is InChI=1S/C16H29NO3/c1-13-4-6-14(7-5-13)20-15-8-11-17(12-9-15)10-2-3-16(18)19/h13-15H,2-12H2,1H3,(H,18,19). The number of rotatable bonds is 6. The first-order chi connectivity index (χ1) is 9.63. The molecule has 1 heterocycles. The van der Waals surface area contributed by atoms with Crippen molar-refractivity contribution in [3.8, 4) is 0 Å². The third kappa shape index (κ3) is 5.41. The van der Waals surface area contributed by atoms with Crippen LogP contribution in [0.3, 0.4) is 0 Å². The van der Waals surface area contributed by atoms with Crippen LogP contribution in [0.4, 0.5) is 0 Å². The molecule has 1 aliphatic carbocycles. The summed E-state index contributed by atoms with van der Waals surface area (Å²) in [6.45, 7) is 5.38. The van der Waals surface area contributed by atoms with Crippen molar-refractivity contribution >= 4 is 5.97 Å². The van der Waals surface area contributed by atoms with E-state index >= 15 is 0 Å². The first kappa shape index (κ1) is 15.8. The second kappa shape index (κ2) is 7.99. The summed E-state index contributed by atoms with van der Waals surface area (Å²) < 4.78 is 6.25. The van der Waals surface area contributed by atoms with Crippen LogP contribution in [0.25, 0.3) is 0 Å². The maximum absolute atomic E-state index is 10.5. The Balaban J connectivity index is 1.58. The maximum Gasteiger partial charge on any atom is 0.303 e. The van der Waals surface area contributed by atoms with E-state index in [1.807, 2.05) is 0 Å². The van der Waals surface area contributed by atoms with Gasteiger partial charge in [0.15, 0.2) is 0 Å². The highest BCUT2D eigenvalue weighted by molar-refractivity contribution is 5.66. The molecule has 0 atom stereocenters. The van der Waals surface area contributed by atoms with Gasteiger partial charge in [0.05, 0.1) is 12.2 Å². The molecule has 1 N–H and O–H groups in total. The molecule has 20 heavy (non-hydrogen) atoms. The van der Waals surface area contributed by atoms with Crippen molar-refractivity contribution in [2.24, 2.45) is 5.92 Å². The molecule has 116 valence electrons. The molecule has 0 radical (unpaired) electrons. The monoisotopic (exact) mass is 283 g/mol. The number of aliphatic carboxylic acids is 1. The molecule has 4 heteroatoms. The topological polar surface area (TPSA) is 49.8 Å². The van der Waals surface area contributed by atoms with Crippen molar-refractivity contribution in [1.29, 1.82) is 0 Å². The van der Waals surface area contributed by atoms with Gasteiger partial charge in [-0.25, -0.2) is 0 Å². The lowest BCUT2D eigenvalue weighted by atomic mass is 9.88. The Hall–Kier alpha value is -0.610. The highest BCUT2D eigenvalue weighted by Crippen LogP contribution is 2.28. The third-order valence-corrected chi connectivity index (χ3v) is 4.75. The Kier molecular flexibility index (Phi) is 6.30. The van der Waals surface area contributed by atoms with Crippen LogP contribution >= 0.6 is 0 Å². The van der Waals surface area contributed by atoms with Gasteiger partial charge in [-0.05, 0) is 57.4 Å². The Morgan fingerprint density at radius 3 is 2.30 bits per heavy atom. The van der Waals surface area contributed by atoms with Crippen LogP contribution in [-0.2, 0) is 9.53 Å². The summed E-state index contributed by atoms with van der Waals surface area (Å²) in [5, 5.41) is 8.65. The molecule has 2 fully saturated rings. The molecule has 4 nitrogen and oxygen atoms in total. The summed E-state index contributed by atoms with van der Waals surface area (Å²) in [7, 11) is 0. The van der Waals surface area contributed by atoms with E-state index in [1.165, 1.54) is 25.7 Å². The van der Waals surface area contributed by atoms with Gasteiger partial charge in [0.2, 0.25) is 0 Å². The Morgan fingerprint density at radius 2 is 1.70 bits per heavy atom. The molecule has 0 unspecified atom stereocenters. The lowest BCUT2D eigenvalue weighted by molar-refractivity contribution is -0.137. The zero-order chi connectivity index (χ0) is 14.4. The fraction of sp³-hybridized carbons (Fsp3) is 0.938. The molecule has 0 aromatic carbocycles. The van der Waals surface area contributed by atoms with Gasteiger partial charge >= 0.3 is 5.97 Å². The zero-order valence-corrected chi connectivity index (χ0v) is 12.7. The van der Waals surface area contributed by atoms with E-state index in [1.54, 1.807) is 0 Å². The molecular weight excluding hydrogens is 254 g/mol. The number of likely N-dealkylation sites (tertiary alicyclic amines) is 1. The van der Waals surface area contributed by atoms with Crippen LogP contribution in [0.5, 0.6) is 0 Å². The fourth-order valence-corrected chi connectivity index (χ4v) is 3.36. The van der Waals surface area contributed by atoms with E-state index < -0.39 is 5.97 Å². The predicted octanol–water partition coefficient (Wildman–Crippen LogP) is 2.91. The molecule has 1 aliphatic heterocycles. The van der Waals surface area contributed by atoms with Crippen molar-refractivity contribution in [2.75, 3.05) is 19.6 Å². The van der Waals surface area contributed by atoms with Gasteiger partial charge < -0.3 is 14.7 Å². The molecule has 2 aliphatic rings. The number of hydrogen-bond donors (Lipinski definition) is 1. The largest absolute Gasteiger partial charge is 0.481 e. The summed E-state index contributed by atoms with van der Waals surface area (Å²) in [6, 6.07) is 0. The van der Waals surface area contributed by atoms with E-state index in [0.717, 1.165) is 44.8 Å². The van der Waals surface area contributed by atoms with Crippen LogP contribution in [0, 0.1) is 5.92 Å². The Bertz CT molecular complexity index is 292. The van der Waals surface area contributed by atoms with Gasteiger partial charge in [-0.1, -0.05) is 6.92 Å². The van der Waals surface area contributed by atoms with Gasteiger partial charge in [-0.2, -0.15) is 0 Å². The van der Waals surface area contributed by atoms with Crippen LogP contribution in [0.2, 0.25) is 0 Å². The minimum absolute atomic E-state index is 0.288. The van der Waals surface area contributed by atoms with Crippen LogP contribution in [0.1, 0.15) is 58.3 Å². The number of carboxylic acids is 1. The van der Waals surface area contributed by atoms with E-state index in [-0.39, 0.29) is 6.42 Å². The van der Waals surface area contributed by atoms with Gasteiger partial charge in [-0.3, -0.25) is 4.79 Å². The van der Waals surface area contributed by atoms with Gasteiger partial charge in [0, 0.05) is 19.5 Å². The minimum atomic E-state index is -0.685. The molecule has 0 aromatic heterocycles. The SMILES string of the molecule is CC1CCC(OC2CCN(CCCC(=O)O)CC2)CC1. The van der Waals surface area contributed by atoms with Gasteiger partial charge in [0.1, 0.15) is 0 Å². The summed E-state index contributed by atoms with van der Waals surface area (Å²) in [6.07, 6.45) is 9.31. The number of carboxylic acid groups (broad SMARTS) is 1. The molecule has 0 amide bonds. The average Bonchev–Trinajstić information content (AvgIpc) is 2.43. The summed E-state index contributed by atoms with van der Waals surface area (Å²) in [5.74, 6) is 0.195. The molecule has 1 saturated carbocycles. The Morgan fingerprint density at radius 1 is 1.10 bits per heavy atom. The Labute approximate surface area is 122 Å². The average molecular weight is 283 g/mol. The second-order valence-corrected chi connectivity index (χ2v) is 6.56. The van der Waals surface area contributed by atoms with Gasteiger partial charge in [0.25, 0.3) is 0 Å². The molecule has 2 rings (SSSR count). The maximum atomic E-state index is 10.5. The van der Waals surface area contributed by atoms with E-state index in [2.05, 4.69) is 11.8 Å². The first-order valence-electron chi connectivity index (χ1n) is 8.23. The van der Waals surface area contributed by atoms with Crippen molar-refractivity contribution in [3.05, 3.63) is 0 Å². The van der Waals surface area contributed by atoms with Crippen molar-refractivity contribution < 1.29 is 14.6 Å².